The van der Waals surface area contributed by atoms with Gasteiger partial charge in [-0.15, -0.1) is 10.2 Å². The number of amides is 3. The second kappa shape index (κ2) is 15.7. The molecule has 0 spiro atoms. The van der Waals surface area contributed by atoms with Gasteiger partial charge in [0.25, 0.3) is 0 Å². The zero-order chi connectivity index (χ0) is 33.2. The fraction of sp³-hybridized carbons (Fsp3) is 0.343. The fourth-order valence-corrected chi connectivity index (χ4v) is 5.78. The normalized spacial score (nSPS) is 14.9. The minimum Gasteiger partial charge on any atom is -0.381 e. The molecule has 0 saturated carbocycles. The number of nitrogens with one attached hydrogen (secondary N) is 4. The average molecular weight is 637 g/mol. The molecule has 12 nitrogen and oxygen atoms in total. The van der Waals surface area contributed by atoms with Crippen molar-refractivity contribution in [2.24, 2.45) is 11.8 Å². The van der Waals surface area contributed by atoms with Gasteiger partial charge in [-0.3, -0.25) is 24.1 Å². The number of carbonyl (C=O) groups excluding carboxylic acids is 4. The zero-order valence-corrected chi connectivity index (χ0v) is 26.6. The predicted molar refractivity (Wildman–Crippen MR) is 177 cm³/mol. The number of carbonyl (C=O) groups is 4. The molecule has 5 rings (SSSR count). The Balaban J connectivity index is 1.28. The number of Topliss-reactive ketones (excluding diaryl/α,β-unsaturated/α-hetero) is 1. The number of tetrazole rings is 1. The van der Waals surface area contributed by atoms with Crippen molar-refractivity contribution < 1.29 is 19.2 Å². The highest BCUT2D eigenvalue weighted by atomic mass is 16.2. The molecule has 1 aliphatic rings. The molecule has 47 heavy (non-hydrogen) atoms. The van der Waals surface area contributed by atoms with Crippen LogP contribution in [0.1, 0.15) is 49.2 Å². The van der Waals surface area contributed by atoms with Gasteiger partial charge in [0.2, 0.25) is 17.7 Å². The van der Waals surface area contributed by atoms with Crippen LogP contribution in [0.2, 0.25) is 0 Å². The minimum absolute atomic E-state index is 0.0357. The quantitative estimate of drug-likeness (QED) is 0.154. The van der Waals surface area contributed by atoms with Crippen LogP contribution in [0.5, 0.6) is 0 Å². The van der Waals surface area contributed by atoms with Crippen LogP contribution in [0.15, 0.2) is 78.9 Å². The lowest BCUT2D eigenvalue weighted by molar-refractivity contribution is -0.132. The second-order valence-corrected chi connectivity index (χ2v) is 11.8. The number of H-pyrrole nitrogens is 1. The highest BCUT2D eigenvalue weighted by molar-refractivity contribution is 6.05. The molecule has 4 aromatic rings. The first-order chi connectivity index (χ1) is 22.8. The highest BCUT2D eigenvalue weighted by Gasteiger charge is 2.39. The molecule has 3 aromatic carbocycles. The van der Waals surface area contributed by atoms with E-state index in [-0.39, 0.29) is 55.9 Å². The van der Waals surface area contributed by atoms with Gasteiger partial charge < -0.3 is 16.0 Å². The summed E-state index contributed by atoms with van der Waals surface area (Å²) in [4.78, 5) is 55.0. The van der Waals surface area contributed by atoms with Crippen molar-refractivity contribution >= 4 is 34.9 Å². The van der Waals surface area contributed by atoms with E-state index < -0.39 is 17.9 Å². The Hall–Kier alpha value is -5.39. The Morgan fingerprint density at radius 1 is 0.936 bits per heavy atom. The summed E-state index contributed by atoms with van der Waals surface area (Å²) in [6.45, 7) is 4.25. The summed E-state index contributed by atoms with van der Waals surface area (Å²) in [5.41, 5.74) is 4.30. The number of fused-ring (bicyclic) bond motifs is 1. The maximum absolute atomic E-state index is 13.8. The Kier molecular flexibility index (Phi) is 11.1. The van der Waals surface area contributed by atoms with Crippen LogP contribution in [0.4, 0.5) is 11.4 Å². The molecule has 4 N–H and O–H groups in total. The van der Waals surface area contributed by atoms with Crippen molar-refractivity contribution in [1.29, 1.82) is 0 Å². The monoisotopic (exact) mass is 636 g/mol. The molecule has 2 heterocycles. The van der Waals surface area contributed by atoms with Gasteiger partial charge >= 0.3 is 0 Å². The number of hydrogen-bond acceptors (Lipinski definition) is 8. The van der Waals surface area contributed by atoms with E-state index in [1.165, 1.54) is 4.90 Å². The largest absolute Gasteiger partial charge is 0.381 e. The number of anilines is 2. The van der Waals surface area contributed by atoms with Crippen molar-refractivity contribution in [2.75, 3.05) is 16.8 Å². The summed E-state index contributed by atoms with van der Waals surface area (Å²) in [6.07, 6.45) is 1.31. The van der Waals surface area contributed by atoms with Gasteiger partial charge in [-0.25, -0.2) is 0 Å². The van der Waals surface area contributed by atoms with Crippen LogP contribution >= 0.6 is 0 Å². The van der Waals surface area contributed by atoms with Gasteiger partial charge in [-0.05, 0) is 40.8 Å². The predicted octanol–water partition coefficient (Wildman–Crippen LogP) is 3.37. The minimum atomic E-state index is -0.844. The Labute approximate surface area is 273 Å². The standard InChI is InChI=1S/C35H40N8O4/c1-3-23(2)29(19-28(44)16-24-10-6-4-7-11-24)34(46)38-22-33(45)43-30-15-14-27(36-20-25-12-8-5-9-13-25)17-26(30)18-31(43)35(47)37-21-32-39-41-42-40-32/h4-15,17,23,29,31,36H,3,16,18-22H2,1-2H3,(H,37,47)(H,38,46)(H,39,40,41,42)/t23-,29-,31-/m0/s1. The van der Waals surface area contributed by atoms with Crippen molar-refractivity contribution in [3.05, 3.63) is 101 Å². The van der Waals surface area contributed by atoms with E-state index in [1.807, 2.05) is 92.7 Å². The summed E-state index contributed by atoms with van der Waals surface area (Å²) in [5, 5.41) is 22.6. The van der Waals surface area contributed by atoms with Crippen molar-refractivity contribution in [1.82, 2.24) is 31.3 Å². The molecule has 0 fully saturated rings. The van der Waals surface area contributed by atoms with E-state index in [4.69, 9.17) is 0 Å². The number of benzene rings is 3. The van der Waals surface area contributed by atoms with Crippen LogP contribution in [0.3, 0.4) is 0 Å². The molecule has 3 atom stereocenters. The lowest BCUT2D eigenvalue weighted by Gasteiger charge is -2.26. The van der Waals surface area contributed by atoms with Gasteiger partial charge in [-0.1, -0.05) is 86.1 Å². The summed E-state index contributed by atoms with van der Waals surface area (Å²) < 4.78 is 0. The molecule has 1 aromatic heterocycles. The molecule has 0 unspecified atom stereocenters. The van der Waals surface area contributed by atoms with Gasteiger partial charge in [-0.2, -0.15) is 5.21 Å². The molecular formula is C35H40N8O4. The molecule has 3 amide bonds. The first kappa shape index (κ1) is 33.0. The molecule has 1 aliphatic heterocycles. The molecule has 0 saturated heterocycles. The Morgan fingerprint density at radius 3 is 2.34 bits per heavy atom. The lowest BCUT2D eigenvalue weighted by atomic mass is 9.85. The number of nitrogens with zero attached hydrogens (tertiary/aromatic N) is 4. The molecule has 0 bridgehead atoms. The third-order valence-corrected chi connectivity index (χ3v) is 8.56. The highest BCUT2D eigenvalue weighted by Crippen LogP contribution is 2.35. The summed E-state index contributed by atoms with van der Waals surface area (Å²) in [5.74, 6) is -1.54. The molecule has 0 aliphatic carbocycles. The molecule has 244 valence electrons. The van der Waals surface area contributed by atoms with Gasteiger partial charge in [0.05, 0.1) is 13.1 Å². The van der Waals surface area contributed by atoms with Crippen molar-refractivity contribution in [3.8, 4) is 0 Å². The van der Waals surface area contributed by atoms with Crippen LogP contribution in [-0.4, -0.2) is 56.7 Å². The van der Waals surface area contributed by atoms with Gasteiger partial charge in [0.15, 0.2) is 5.82 Å². The molecule has 12 heteroatoms. The summed E-state index contributed by atoms with van der Waals surface area (Å²) in [6, 6.07) is 24.2. The van der Waals surface area contributed by atoms with Crippen LogP contribution in [-0.2, 0) is 45.1 Å². The summed E-state index contributed by atoms with van der Waals surface area (Å²) >= 11 is 0. The van der Waals surface area contributed by atoms with E-state index in [0.717, 1.165) is 22.4 Å². The lowest BCUT2D eigenvalue weighted by Crippen LogP contribution is -2.51. The first-order valence-corrected chi connectivity index (χ1v) is 15.9. The second-order valence-electron chi connectivity index (χ2n) is 11.8. The molecular weight excluding hydrogens is 596 g/mol. The van der Waals surface area contributed by atoms with Crippen LogP contribution in [0.25, 0.3) is 0 Å². The Morgan fingerprint density at radius 2 is 1.66 bits per heavy atom. The molecule has 0 radical (unpaired) electrons. The number of rotatable bonds is 15. The van der Waals surface area contributed by atoms with E-state index in [9.17, 15) is 19.2 Å². The third-order valence-electron chi connectivity index (χ3n) is 8.56. The first-order valence-electron chi connectivity index (χ1n) is 15.9. The number of aromatic nitrogens is 4. The number of ketones is 1. The maximum atomic E-state index is 13.8. The van der Waals surface area contributed by atoms with E-state index in [0.29, 0.717) is 24.5 Å². The van der Waals surface area contributed by atoms with Crippen molar-refractivity contribution in [2.45, 2.75) is 58.7 Å². The van der Waals surface area contributed by atoms with Crippen LogP contribution < -0.4 is 20.9 Å². The van der Waals surface area contributed by atoms with Crippen molar-refractivity contribution in [3.63, 3.8) is 0 Å². The summed E-state index contributed by atoms with van der Waals surface area (Å²) in [7, 11) is 0. The van der Waals surface area contributed by atoms with E-state index in [1.54, 1.807) is 0 Å². The average Bonchev–Trinajstić information content (AvgIpc) is 3.76. The van der Waals surface area contributed by atoms with Crippen LogP contribution in [0, 0.1) is 11.8 Å². The fourth-order valence-electron chi connectivity index (χ4n) is 5.78. The van der Waals surface area contributed by atoms with Gasteiger partial charge in [0, 0.05) is 43.1 Å². The number of hydrogen-bond donors (Lipinski definition) is 4. The zero-order valence-electron chi connectivity index (χ0n) is 26.6. The van der Waals surface area contributed by atoms with E-state index in [2.05, 4.69) is 36.6 Å². The van der Waals surface area contributed by atoms with E-state index >= 15 is 0 Å². The number of aromatic amines is 1. The smallest absolute Gasteiger partial charge is 0.247 e. The third kappa shape index (κ3) is 8.66. The van der Waals surface area contributed by atoms with Gasteiger partial charge in [0.1, 0.15) is 11.8 Å². The SMILES string of the molecule is CC[C@H](C)[C@H](CC(=O)Cc1ccccc1)C(=O)NCC(=O)N1c2ccc(NCc3ccccc3)cc2C[C@H]1C(=O)NCc1nn[nH]n1. The Bertz CT molecular complexity index is 1660. The maximum Gasteiger partial charge on any atom is 0.247 e. The topological polar surface area (TPSA) is 162 Å².